The number of carboxylic acids is 1. The fourth-order valence-electron chi connectivity index (χ4n) is 3.42. The van der Waals surface area contributed by atoms with Crippen molar-refractivity contribution in [3.8, 4) is 0 Å². The molecule has 6 nitrogen and oxygen atoms in total. The first kappa shape index (κ1) is 16.1. The van der Waals surface area contributed by atoms with E-state index in [1.54, 1.807) is 0 Å². The minimum absolute atomic E-state index is 0.0191. The number of nitrogens with one attached hydrogen (secondary N) is 1. The van der Waals surface area contributed by atoms with E-state index in [-0.39, 0.29) is 18.0 Å². The summed E-state index contributed by atoms with van der Waals surface area (Å²) in [5, 5.41) is 12.2. The van der Waals surface area contributed by atoms with Crippen LogP contribution in [-0.2, 0) is 4.79 Å². The summed E-state index contributed by atoms with van der Waals surface area (Å²) in [7, 11) is 0. The van der Waals surface area contributed by atoms with E-state index in [1.807, 2.05) is 13.8 Å². The van der Waals surface area contributed by atoms with Gasteiger partial charge in [-0.3, -0.25) is 0 Å². The second-order valence-electron chi connectivity index (χ2n) is 6.45. The smallest absolute Gasteiger partial charge is 0.326 e. The highest BCUT2D eigenvalue weighted by atomic mass is 16.4. The van der Waals surface area contributed by atoms with E-state index in [9.17, 15) is 14.7 Å². The van der Waals surface area contributed by atoms with Gasteiger partial charge in [-0.15, -0.1) is 0 Å². The molecule has 0 aromatic carbocycles. The molecule has 2 amide bonds. The Hall–Kier alpha value is -1.30. The molecule has 120 valence electrons. The summed E-state index contributed by atoms with van der Waals surface area (Å²) in [5.74, 6) is -0.885. The predicted octanol–water partition coefficient (Wildman–Crippen LogP) is 1.37. The summed E-state index contributed by atoms with van der Waals surface area (Å²) in [6.45, 7) is 7.44. The third kappa shape index (κ3) is 4.09. The molecular weight excluding hydrogens is 270 g/mol. The van der Waals surface area contributed by atoms with Gasteiger partial charge in [0.05, 0.1) is 0 Å². The average Bonchev–Trinajstić information content (AvgIpc) is 2.81. The summed E-state index contributed by atoms with van der Waals surface area (Å²) >= 11 is 0. The number of urea groups is 1. The molecule has 0 bridgehead atoms. The number of likely N-dealkylation sites (tertiary alicyclic amines) is 2. The predicted molar refractivity (Wildman–Crippen MR) is 80.2 cm³/mol. The van der Waals surface area contributed by atoms with Crippen LogP contribution in [0.4, 0.5) is 4.79 Å². The van der Waals surface area contributed by atoms with Crippen LogP contribution in [0.1, 0.15) is 39.5 Å². The molecule has 2 heterocycles. The van der Waals surface area contributed by atoms with E-state index in [2.05, 4.69) is 10.2 Å². The molecule has 0 saturated carbocycles. The van der Waals surface area contributed by atoms with Gasteiger partial charge in [0, 0.05) is 19.1 Å². The zero-order chi connectivity index (χ0) is 15.4. The van der Waals surface area contributed by atoms with Gasteiger partial charge in [0.1, 0.15) is 6.04 Å². The van der Waals surface area contributed by atoms with Crippen molar-refractivity contribution in [3.05, 3.63) is 0 Å². The molecular formula is C15H27N3O3. The molecule has 2 fully saturated rings. The molecule has 3 atom stereocenters. The number of amides is 2. The van der Waals surface area contributed by atoms with Gasteiger partial charge in [0.25, 0.3) is 0 Å². The maximum Gasteiger partial charge on any atom is 0.326 e. The highest BCUT2D eigenvalue weighted by molar-refractivity contribution is 5.83. The van der Waals surface area contributed by atoms with Gasteiger partial charge >= 0.3 is 12.0 Å². The molecule has 0 spiro atoms. The van der Waals surface area contributed by atoms with Gasteiger partial charge in [0.15, 0.2) is 0 Å². The fraction of sp³-hybridized carbons (Fsp3) is 0.867. The van der Waals surface area contributed by atoms with E-state index in [1.165, 1.54) is 24.2 Å². The van der Waals surface area contributed by atoms with Gasteiger partial charge in [-0.25, -0.2) is 9.59 Å². The van der Waals surface area contributed by atoms with Crippen molar-refractivity contribution in [2.24, 2.45) is 5.92 Å². The second kappa shape index (κ2) is 7.11. The zero-order valence-corrected chi connectivity index (χ0v) is 13.0. The number of rotatable bonds is 4. The molecule has 21 heavy (non-hydrogen) atoms. The third-order valence-corrected chi connectivity index (χ3v) is 4.56. The number of piperidine rings is 1. The maximum atomic E-state index is 12.3. The Morgan fingerprint density at radius 1 is 1.24 bits per heavy atom. The quantitative estimate of drug-likeness (QED) is 0.822. The largest absolute Gasteiger partial charge is 0.480 e. The van der Waals surface area contributed by atoms with Crippen molar-refractivity contribution < 1.29 is 14.7 Å². The number of nitrogens with zero attached hydrogens (tertiary/aromatic N) is 2. The number of hydrogen-bond acceptors (Lipinski definition) is 3. The van der Waals surface area contributed by atoms with Crippen LogP contribution >= 0.6 is 0 Å². The SMILES string of the molecule is CC(CN1CCCCC1)NC(=O)N1CCC(C)C1C(=O)O. The van der Waals surface area contributed by atoms with Gasteiger partial charge < -0.3 is 20.2 Å². The fourth-order valence-corrected chi connectivity index (χ4v) is 3.42. The zero-order valence-electron chi connectivity index (χ0n) is 13.0. The van der Waals surface area contributed by atoms with Crippen molar-refractivity contribution in [2.45, 2.75) is 51.6 Å². The lowest BCUT2D eigenvalue weighted by molar-refractivity contribution is -0.142. The Labute approximate surface area is 126 Å². The summed E-state index contributed by atoms with van der Waals surface area (Å²) in [5.41, 5.74) is 0. The van der Waals surface area contributed by atoms with Gasteiger partial charge in [-0.2, -0.15) is 0 Å². The van der Waals surface area contributed by atoms with Gasteiger partial charge in [-0.05, 0) is 45.2 Å². The molecule has 2 aliphatic heterocycles. The van der Waals surface area contributed by atoms with E-state index >= 15 is 0 Å². The lowest BCUT2D eigenvalue weighted by Gasteiger charge is -2.31. The van der Waals surface area contributed by atoms with Crippen LogP contribution in [0.3, 0.4) is 0 Å². The molecule has 2 aliphatic rings. The first-order valence-corrected chi connectivity index (χ1v) is 8.01. The van der Waals surface area contributed by atoms with Crippen LogP contribution in [0.15, 0.2) is 0 Å². The Kier molecular flexibility index (Phi) is 5.45. The van der Waals surface area contributed by atoms with Crippen molar-refractivity contribution in [2.75, 3.05) is 26.2 Å². The minimum Gasteiger partial charge on any atom is -0.480 e. The molecule has 6 heteroatoms. The molecule has 3 unspecified atom stereocenters. The first-order chi connectivity index (χ1) is 9.99. The summed E-state index contributed by atoms with van der Waals surface area (Å²) in [6, 6.07) is -0.885. The van der Waals surface area contributed by atoms with E-state index < -0.39 is 12.0 Å². The highest BCUT2D eigenvalue weighted by Gasteiger charge is 2.39. The summed E-state index contributed by atoms with van der Waals surface area (Å²) in [6.07, 6.45) is 4.50. The second-order valence-corrected chi connectivity index (χ2v) is 6.45. The summed E-state index contributed by atoms with van der Waals surface area (Å²) < 4.78 is 0. The number of carboxylic acid groups (broad SMARTS) is 1. The molecule has 0 radical (unpaired) electrons. The van der Waals surface area contributed by atoms with Crippen molar-refractivity contribution in [1.82, 2.24) is 15.1 Å². The number of carbonyl (C=O) groups excluding carboxylic acids is 1. The average molecular weight is 297 g/mol. The third-order valence-electron chi connectivity index (χ3n) is 4.56. The number of hydrogen-bond donors (Lipinski definition) is 2. The van der Waals surface area contributed by atoms with Crippen LogP contribution < -0.4 is 5.32 Å². The first-order valence-electron chi connectivity index (χ1n) is 8.01. The Morgan fingerprint density at radius 2 is 1.90 bits per heavy atom. The molecule has 0 aromatic rings. The maximum absolute atomic E-state index is 12.3. The minimum atomic E-state index is -0.904. The van der Waals surface area contributed by atoms with E-state index in [4.69, 9.17) is 0 Å². The Bertz CT molecular complexity index is 382. The Balaban J connectivity index is 1.83. The Morgan fingerprint density at radius 3 is 2.52 bits per heavy atom. The van der Waals surface area contributed by atoms with E-state index in [0.717, 1.165) is 26.1 Å². The van der Waals surface area contributed by atoms with Crippen molar-refractivity contribution in [3.63, 3.8) is 0 Å². The van der Waals surface area contributed by atoms with Gasteiger partial charge in [-0.1, -0.05) is 13.3 Å². The normalized spacial score (nSPS) is 28.4. The molecule has 2 rings (SSSR count). The van der Waals surface area contributed by atoms with Crippen LogP contribution in [0.5, 0.6) is 0 Å². The van der Waals surface area contributed by atoms with Crippen LogP contribution in [0.25, 0.3) is 0 Å². The van der Waals surface area contributed by atoms with Crippen molar-refractivity contribution in [1.29, 1.82) is 0 Å². The molecule has 0 aromatic heterocycles. The van der Waals surface area contributed by atoms with Crippen LogP contribution in [-0.4, -0.2) is 65.2 Å². The topological polar surface area (TPSA) is 72.9 Å². The lowest BCUT2D eigenvalue weighted by Crippen LogP contribution is -2.52. The van der Waals surface area contributed by atoms with Crippen LogP contribution in [0, 0.1) is 5.92 Å². The number of carbonyl (C=O) groups is 2. The van der Waals surface area contributed by atoms with Gasteiger partial charge in [0.2, 0.25) is 0 Å². The monoisotopic (exact) mass is 297 g/mol. The molecule has 2 N–H and O–H groups in total. The number of aliphatic carboxylic acids is 1. The summed E-state index contributed by atoms with van der Waals surface area (Å²) in [4.78, 5) is 27.4. The highest BCUT2D eigenvalue weighted by Crippen LogP contribution is 2.24. The lowest BCUT2D eigenvalue weighted by atomic mass is 10.0. The van der Waals surface area contributed by atoms with E-state index in [0.29, 0.717) is 6.54 Å². The van der Waals surface area contributed by atoms with Crippen molar-refractivity contribution >= 4 is 12.0 Å². The van der Waals surface area contributed by atoms with Crippen LogP contribution in [0.2, 0.25) is 0 Å². The molecule has 0 aliphatic carbocycles. The molecule has 2 saturated heterocycles. The standard InChI is InChI=1S/C15H27N3O3/c1-11-6-9-18(13(11)14(19)20)15(21)16-12(2)10-17-7-4-3-5-8-17/h11-13H,3-10H2,1-2H3,(H,16,21)(H,19,20).